The molecule has 0 saturated carbocycles. The summed E-state index contributed by atoms with van der Waals surface area (Å²) in [6.45, 7) is 11.0. The van der Waals surface area contributed by atoms with Gasteiger partial charge in [-0.3, -0.25) is 9.59 Å². The zero-order valence-corrected chi connectivity index (χ0v) is 19.3. The molecule has 2 aliphatic rings. The normalized spacial score (nSPS) is 21.4. The smallest absolute Gasteiger partial charge is 0.251 e. The van der Waals surface area contributed by atoms with E-state index in [2.05, 4.69) is 31.4 Å². The number of rotatable bonds is 5. The van der Waals surface area contributed by atoms with Crippen molar-refractivity contribution in [2.75, 3.05) is 6.54 Å². The fourth-order valence-corrected chi connectivity index (χ4v) is 4.11. The van der Waals surface area contributed by atoms with E-state index in [4.69, 9.17) is 0 Å². The minimum atomic E-state index is -0.614. The Hall–Kier alpha value is -2.21. The summed E-state index contributed by atoms with van der Waals surface area (Å²) in [5, 5.41) is 16.2. The molecule has 1 aromatic rings. The number of aliphatic hydroxyl groups excluding tert-OH is 1. The van der Waals surface area contributed by atoms with Crippen LogP contribution in [0.25, 0.3) is 0 Å². The molecule has 3 atom stereocenters. The molecule has 0 aliphatic carbocycles. The van der Waals surface area contributed by atoms with Crippen molar-refractivity contribution in [1.82, 2.24) is 15.5 Å². The van der Waals surface area contributed by atoms with E-state index in [1.54, 1.807) is 11.1 Å². The van der Waals surface area contributed by atoms with Crippen molar-refractivity contribution in [2.24, 2.45) is 5.92 Å². The maximum atomic E-state index is 13.3. The van der Waals surface area contributed by atoms with E-state index in [9.17, 15) is 14.7 Å². The van der Waals surface area contributed by atoms with Gasteiger partial charge in [0.25, 0.3) is 5.91 Å². The van der Waals surface area contributed by atoms with Crippen molar-refractivity contribution >= 4 is 24.2 Å². The molecular formula is C23H34ClN3O3. The molecule has 0 spiro atoms. The maximum absolute atomic E-state index is 13.3. The maximum Gasteiger partial charge on any atom is 0.251 e. The Balaban J connectivity index is 0.00000320. The molecule has 0 bridgehead atoms. The van der Waals surface area contributed by atoms with E-state index in [1.165, 1.54) is 0 Å². The molecule has 2 aliphatic heterocycles. The van der Waals surface area contributed by atoms with Gasteiger partial charge in [0.2, 0.25) is 5.91 Å². The molecule has 0 radical (unpaired) electrons. The van der Waals surface area contributed by atoms with Crippen LogP contribution in [0.1, 0.15) is 63.4 Å². The van der Waals surface area contributed by atoms with Crippen LogP contribution in [0.15, 0.2) is 36.2 Å². The first-order valence-corrected chi connectivity index (χ1v) is 10.4. The SMILES string of the molecule is CC(C)C[C@H](NC(=O)c1ccc(C(C)(C)C)cc1)C(=O)N1CCC2NC=C(O)[C@H]21.Cl. The van der Waals surface area contributed by atoms with Gasteiger partial charge in [-0.15, -0.1) is 12.4 Å². The summed E-state index contributed by atoms with van der Waals surface area (Å²) in [6.07, 6.45) is 2.91. The highest BCUT2D eigenvalue weighted by atomic mass is 35.5. The minimum Gasteiger partial charge on any atom is -0.509 e. The topological polar surface area (TPSA) is 81.7 Å². The van der Waals surface area contributed by atoms with Crippen LogP contribution >= 0.6 is 12.4 Å². The predicted octanol–water partition coefficient (Wildman–Crippen LogP) is 3.52. The number of benzene rings is 1. The first-order valence-electron chi connectivity index (χ1n) is 10.4. The fraction of sp³-hybridized carbons (Fsp3) is 0.565. The molecule has 166 valence electrons. The lowest BCUT2D eigenvalue weighted by molar-refractivity contribution is -0.134. The number of nitrogens with one attached hydrogen (secondary N) is 2. The Morgan fingerprint density at radius 1 is 1.23 bits per heavy atom. The zero-order chi connectivity index (χ0) is 21.3. The lowest BCUT2D eigenvalue weighted by atomic mass is 9.86. The summed E-state index contributed by atoms with van der Waals surface area (Å²) >= 11 is 0. The van der Waals surface area contributed by atoms with Crippen molar-refractivity contribution in [3.63, 3.8) is 0 Å². The first kappa shape index (κ1) is 24.1. The predicted molar refractivity (Wildman–Crippen MR) is 121 cm³/mol. The Bertz CT molecular complexity index is 799. The second-order valence-electron chi connectivity index (χ2n) is 9.59. The van der Waals surface area contributed by atoms with Crippen molar-refractivity contribution in [3.05, 3.63) is 47.4 Å². The Morgan fingerprint density at radius 2 is 1.87 bits per heavy atom. The molecule has 2 heterocycles. The Morgan fingerprint density at radius 3 is 2.43 bits per heavy atom. The van der Waals surface area contributed by atoms with Gasteiger partial charge in [-0.05, 0) is 41.9 Å². The summed E-state index contributed by atoms with van der Waals surface area (Å²) in [5.41, 5.74) is 1.72. The molecule has 3 rings (SSSR count). The number of hydrogen-bond donors (Lipinski definition) is 3. The number of carbonyl (C=O) groups is 2. The minimum absolute atomic E-state index is 0. The van der Waals surface area contributed by atoms with Crippen molar-refractivity contribution in [2.45, 2.75) is 71.0 Å². The van der Waals surface area contributed by atoms with Crippen molar-refractivity contribution in [3.8, 4) is 0 Å². The summed E-state index contributed by atoms with van der Waals surface area (Å²) in [7, 11) is 0. The van der Waals surface area contributed by atoms with Gasteiger partial charge in [-0.2, -0.15) is 0 Å². The van der Waals surface area contributed by atoms with Crippen LogP contribution < -0.4 is 10.6 Å². The molecule has 6 nitrogen and oxygen atoms in total. The molecule has 30 heavy (non-hydrogen) atoms. The first-order chi connectivity index (χ1) is 13.6. The quantitative estimate of drug-likeness (QED) is 0.660. The third kappa shape index (κ3) is 5.09. The lowest BCUT2D eigenvalue weighted by Crippen LogP contribution is -2.52. The lowest BCUT2D eigenvalue weighted by Gasteiger charge is -2.29. The van der Waals surface area contributed by atoms with Crippen molar-refractivity contribution < 1.29 is 14.7 Å². The van der Waals surface area contributed by atoms with E-state index in [1.807, 2.05) is 38.1 Å². The van der Waals surface area contributed by atoms with E-state index in [0.717, 1.165) is 12.0 Å². The third-order valence-corrected chi connectivity index (χ3v) is 5.75. The molecule has 1 aromatic carbocycles. The number of fused-ring (bicyclic) bond motifs is 1. The molecule has 0 aromatic heterocycles. The monoisotopic (exact) mass is 435 g/mol. The van der Waals surface area contributed by atoms with Crippen LogP contribution in [-0.4, -0.2) is 46.5 Å². The number of carbonyl (C=O) groups excluding carboxylic acids is 2. The van der Waals surface area contributed by atoms with Gasteiger partial charge in [-0.1, -0.05) is 46.8 Å². The summed E-state index contributed by atoms with van der Waals surface area (Å²) in [5.74, 6) is 0.0593. The molecule has 3 N–H and O–H groups in total. The second kappa shape index (κ2) is 9.29. The van der Waals surface area contributed by atoms with Crippen molar-refractivity contribution in [1.29, 1.82) is 0 Å². The van der Waals surface area contributed by atoms with Crippen LogP contribution in [0.5, 0.6) is 0 Å². The van der Waals surface area contributed by atoms with E-state index in [0.29, 0.717) is 18.5 Å². The van der Waals surface area contributed by atoms with E-state index in [-0.39, 0.29) is 53.4 Å². The molecule has 1 fully saturated rings. The molecule has 7 heteroatoms. The molecular weight excluding hydrogens is 402 g/mol. The number of hydrogen-bond acceptors (Lipinski definition) is 4. The van der Waals surface area contributed by atoms with Crippen LogP contribution in [-0.2, 0) is 10.2 Å². The number of aliphatic hydroxyl groups is 1. The second-order valence-corrected chi connectivity index (χ2v) is 9.59. The fourth-order valence-electron chi connectivity index (χ4n) is 4.11. The highest BCUT2D eigenvalue weighted by Gasteiger charge is 2.44. The van der Waals surface area contributed by atoms with Gasteiger partial charge < -0.3 is 20.6 Å². The summed E-state index contributed by atoms with van der Waals surface area (Å²) in [6, 6.07) is 6.66. The number of halogens is 1. The van der Waals surface area contributed by atoms with Gasteiger partial charge >= 0.3 is 0 Å². The van der Waals surface area contributed by atoms with Gasteiger partial charge in [0, 0.05) is 18.3 Å². The van der Waals surface area contributed by atoms with Gasteiger partial charge in [0.15, 0.2) is 0 Å². The van der Waals surface area contributed by atoms with Gasteiger partial charge in [0.05, 0.1) is 6.04 Å². The van der Waals surface area contributed by atoms with Crippen LogP contribution in [0, 0.1) is 5.92 Å². The van der Waals surface area contributed by atoms with E-state index >= 15 is 0 Å². The van der Waals surface area contributed by atoms with Crippen LogP contribution in [0.2, 0.25) is 0 Å². The molecule has 2 amide bonds. The zero-order valence-electron chi connectivity index (χ0n) is 18.4. The van der Waals surface area contributed by atoms with Gasteiger partial charge in [0.1, 0.15) is 17.8 Å². The standard InChI is InChI=1S/C23H33N3O3.ClH/c1-14(2)12-18(22(29)26-11-10-17-20(26)19(27)13-24-17)25-21(28)15-6-8-16(9-7-15)23(3,4)5;/h6-9,13-14,17-18,20,24,27H,10-12H2,1-5H3,(H,25,28);1H/t17?,18-,20-;/m0./s1. The van der Waals surface area contributed by atoms with Crippen LogP contribution in [0.3, 0.4) is 0 Å². The highest BCUT2D eigenvalue weighted by molar-refractivity contribution is 5.97. The number of amides is 2. The average Bonchev–Trinajstić information content (AvgIpc) is 3.23. The number of nitrogens with zero attached hydrogens (tertiary/aromatic N) is 1. The molecule has 1 saturated heterocycles. The number of likely N-dealkylation sites (tertiary alicyclic amines) is 1. The Labute approximate surface area is 185 Å². The average molecular weight is 436 g/mol. The summed E-state index contributed by atoms with van der Waals surface area (Å²) < 4.78 is 0. The van der Waals surface area contributed by atoms with Crippen LogP contribution in [0.4, 0.5) is 0 Å². The molecule has 1 unspecified atom stereocenters. The third-order valence-electron chi connectivity index (χ3n) is 5.75. The Kier molecular flexibility index (Phi) is 7.45. The largest absolute Gasteiger partial charge is 0.509 e. The van der Waals surface area contributed by atoms with Gasteiger partial charge in [-0.25, -0.2) is 0 Å². The summed E-state index contributed by atoms with van der Waals surface area (Å²) in [4.78, 5) is 27.8. The van der Waals surface area contributed by atoms with E-state index < -0.39 is 6.04 Å². The highest BCUT2D eigenvalue weighted by Crippen LogP contribution is 2.28.